The molecule has 0 unspecified atom stereocenters. The Balaban J connectivity index is 2.17. The average molecular weight is 467 g/mol. The third-order valence-corrected chi connectivity index (χ3v) is 5.10. The summed E-state index contributed by atoms with van der Waals surface area (Å²) in [4.78, 5) is 16.5. The Morgan fingerprint density at radius 2 is 1.76 bits per heavy atom. The number of carbonyl (C=O) groups is 1. The number of phenolic OH excluding ortho intramolecular Hbond substituents is 1. The molecule has 0 fully saturated rings. The van der Waals surface area contributed by atoms with E-state index in [1.54, 1.807) is 13.0 Å². The van der Waals surface area contributed by atoms with Crippen molar-refractivity contribution in [3.8, 4) is 17.7 Å². The number of aromatic nitrogens is 1. The fourth-order valence-electron chi connectivity index (χ4n) is 3.42. The quantitative estimate of drug-likeness (QED) is 0.466. The summed E-state index contributed by atoms with van der Waals surface area (Å²) in [5, 5.41) is 24.3. The number of hydrogen-bond donors (Lipinski definition) is 2. The Kier molecular flexibility index (Phi) is 8.41. The van der Waals surface area contributed by atoms with E-state index in [1.165, 1.54) is 13.3 Å². The molecule has 8 heteroatoms. The number of nitrogens with one attached hydrogen (secondary N) is 1. The highest BCUT2D eigenvalue weighted by molar-refractivity contribution is 5.84. The summed E-state index contributed by atoms with van der Waals surface area (Å²) in [6.45, 7) is 13.8. The van der Waals surface area contributed by atoms with Gasteiger partial charge in [0.05, 0.1) is 12.8 Å². The summed E-state index contributed by atoms with van der Waals surface area (Å²) in [6.07, 6.45) is 1.53. The van der Waals surface area contributed by atoms with Gasteiger partial charge in [-0.15, -0.1) is 0 Å². The van der Waals surface area contributed by atoms with E-state index < -0.39 is 5.91 Å². The van der Waals surface area contributed by atoms with Gasteiger partial charge in [-0.2, -0.15) is 10.4 Å². The van der Waals surface area contributed by atoms with Crippen LogP contribution in [-0.4, -0.2) is 35.9 Å². The summed E-state index contributed by atoms with van der Waals surface area (Å²) in [7, 11) is 1.53. The first-order valence-electron chi connectivity index (χ1n) is 11.0. The molecule has 0 atom stereocenters. The third kappa shape index (κ3) is 6.78. The number of rotatable bonds is 7. The van der Waals surface area contributed by atoms with Crippen molar-refractivity contribution in [1.29, 1.82) is 5.26 Å². The Bertz CT molecular complexity index is 1080. The van der Waals surface area contributed by atoms with Crippen molar-refractivity contribution in [3.05, 3.63) is 51.7 Å². The molecule has 0 bridgehead atoms. The lowest BCUT2D eigenvalue weighted by Gasteiger charge is -2.27. The van der Waals surface area contributed by atoms with Crippen LogP contribution >= 0.6 is 0 Å². The number of nitriles is 1. The number of hydrazone groups is 1. The molecule has 34 heavy (non-hydrogen) atoms. The second-order valence-corrected chi connectivity index (χ2v) is 10.2. The maximum absolute atomic E-state index is 12.3. The second-order valence-electron chi connectivity index (χ2n) is 10.2. The summed E-state index contributed by atoms with van der Waals surface area (Å²) >= 11 is 0. The third-order valence-electron chi connectivity index (χ3n) is 5.10. The zero-order valence-electron chi connectivity index (χ0n) is 21.2. The first kappa shape index (κ1) is 26.8. The SMILES string of the molecule is COCc1cc(C)nc(OCC(=O)N/N=C/c2cc(C(C)(C)C)c(O)c(C(C)(C)C)c2)c1C#N. The minimum Gasteiger partial charge on any atom is -0.507 e. The number of aromatic hydroxyl groups is 1. The molecule has 1 amide bonds. The normalized spacial score (nSPS) is 12.0. The number of phenols is 1. The number of amides is 1. The van der Waals surface area contributed by atoms with E-state index >= 15 is 0 Å². The van der Waals surface area contributed by atoms with E-state index in [0.717, 1.165) is 16.7 Å². The van der Waals surface area contributed by atoms with Crippen LogP contribution < -0.4 is 10.2 Å². The molecule has 8 nitrogen and oxygen atoms in total. The maximum atomic E-state index is 12.3. The van der Waals surface area contributed by atoms with E-state index in [1.807, 2.05) is 53.7 Å². The number of benzene rings is 1. The first-order valence-corrected chi connectivity index (χ1v) is 11.0. The molecule has 1 aromatic carbocycles. The van der Waals surface area contributed by atoms with Gasteiger partial charge in [0.2, 0.25) is 5.88 Å². The van der Waals surface area contributed by atoms with Gasteiger partial charge in [-0.3, -0.25) is 4.79 Å². The van der Waals surface area contributed by atoms with Crippen molar-refractivity contribution in [2.24, 2.45) is 5.10 Å². The number of methoxy groups -OCH3 is 1. The Morgan fingerprint density at radius 1 is 1.18 bits per heavy atom. The molecule has 0 aliphatic heterocycles. The molecule has 0 aliphatic rings. The summed E-state index contributed by atoms with van der Waals surface area (Å²) in [5.74, 6) is -0.138. The summed E-state index contributed by atoms with van der Waals surface area (Å²) < 4.78 is 10.6. The van der Waals surface area contributed by atoms with Crippen LogP contribution in [0.5, 0.6) is 11.6 Å². The smallest absolute Gasteiger partial charge is 0.278 e. The van der Waals surface area contributed by atoms with Crippen molar-refractivity contribution in [2.45, 2.75) is 65.9 Å². The standard InChI is InChI=1S/C26H34N4O4/c1-16-9-18(14-33-8)19(12-27)24(29-16)34-15-22(31)30-28-13-17-10-20(25(2,3)4)23(32)21(11-17)26(5,6)7/h9-11,13,32H,14-15H2,1-8H3,(H,30,31)/b28-13+. The second kappa shape index (κ2) is 10.7. The maximum Gasteiger partial charge on any atom is 0.278 e. The van der Waals surface area contributed by atoms with Crippen molar-refractivity contribution < 1.29 is 19.4 Å². The summed E-state index contributed by atoms with van der Waals surface area (Å²) in [5.41, 5.74) is 5.77. The Morgan fingerprint density at radius 3 is 2.26 bits per heavy atom. The largest absolute Gasteiger partial charge is 0.507 e. The van der Waals surface area contributed by atoms with Crippen molar-refractivity contribution in [2.75, 3.05) is 13.7 Å². The van der Waals surface area contributed by atoms with E-state index in [9.17, 15) is 15.2 Å². The molecule has 0 aliphatic carbocycles. The molecule has 0 saturated heterocycles. The van der Waals surface area contributed by atoms with Crippen LogP contribution in [-0.2, 0) is 27.0 Å². The Hall–Kier alpha value is -3.44. The molecule has 1 aromatic heterocycles. The van der Waals surface area contributed by atoms with E-state index in [0.29, 0.717) is 11.3 Å². The van der Waals surface area contributed by atoms with E-state index in [-0.39, 0.29) is 41.2 Å². The monoisotopic (exact) mass is 466 g/mol. The van der Waals surface area contributed by atoms with Crippen molar-refractivity contribution >= 4 is 12.1 Å². The van der Waals surface area contributed by atoms with Crippen LogP contribution in [0, 0.1) is 18.3 Å². The molecular weight excluding hydrogens is 432 g/mol. The van der Waals surface area contributed by atoms with Crippen LogP contribution in [0.4, 0.5) is 0 Å². The number of aryl methyl sites for hydroxylation is 1. The van der Waals surface area contributed by atoms with Gasteiger partial charge in [-0.05, 0) is 41.5 Å². The number of pyridine rings is 1. The van der Waals surface area contributed by atoms with E-state index in [2.05, 4.69) is 21.6 Å². The zero-order valence-corrected chi connectivity index (χ0v) is 21.2. The molecule has 0 saturated carbocycles. The van der Waals surface area contributed by atoms with Gasteiger partial charge in [0.15, 0.2) is 6.61 Å². The minimum atomic E-state index is -0.498. The highest BCUT2D eigenvalue weighted by Gasteiger charge is 2.26. The van der Waals surface area contributed by atoms with Crippen LogP contribution in [0.25, 0.3) is 0 Å². The van der Waals surface area contributed by atoms with Gasteiger partial charge in [0.1, 0.15) is 17.4 Å². The highest BCUT2D eigenvalue weighted by atomic mass is 16.5. The fraction of sp³-hybridized carbons (Fsp3) is 0.462. The van der Waals surface area contributed by atoms with Gasteiger partial charge in [0.25, 0.3) is 5.91 Å². The van der Waals surface area contributed by atoms with Gasteiger partial charge in [-0.1, -0.05) is 41.5 Å². The molecule has 0 spiro atoms. The number of carbonyl (C=O) groups excluding carboxylic acids is 1. The molecule has 1 heterocycles. The van der Waals surface area contributed by atoms with Gasteiger partial charge in [0, 0.05) is 29.5 Å². The van der Waals surface area contributed by atoms with Crippen LogP contribution in [0.15, 0.2) is 23.3 Å². The Labute approximate surface area is 201 Å². The van der Waals surface area contributed by atoms with Gasteiger partial charge in [-0.25, -0.2) is 10.4 Å². The van der Waals surface area contributed by atoms with Crippen molar-refractivity contribution in [3.63, 3.8) is 0 Å². The molecule has 182 valence electrons. The fourth-order valence-corrected chi connectivity index (χ4v) is 3.42. The predicted octanol–water partition coefficient (Wildman–Crippen LogP) is 4.24. The predicted molar refractivity (Wildman–Crippen MR) is 131 cm³/mol. The molecule has 2 N–H and O–H groups in total. The molecule has 2 aromatic rings. The van der Waals surface area contributed by atoms with Crippen LogP contribution in [0.1, 0.15) is 75.1 Å². The average Bonchev–Trinajstić information content (AvgIpc) is 2.71. The van der Waals surface area contributed by atoms with Crippen LogP contribution in [0.2, 0.25) is 0 Å². The number of hydrogen-bond acceptors (Lipinski definition) is 7. The lowest BCUT2D eigenvalue weighted by molar-refractivity contribution is -0.123. The lowest BCUT2D eigenvalue weighted by Crippen LogP contribution is -2.25. The van der Waals surface area contributed by atoms with E-state index in [4.69, 9.17) is 9.47 Å². The minimum absolute atomic E-state index is 0.0804. The molecular formula is C26H34N4O4. The zero-order chi connectivity index (χ0) is 25.7. The number of ether oxygens (including phenoxy) is 2. The topological polar surface area (TPSA) is 117 Å². The van der Waals surface area contributed by atoms with Gasteiger partial charge >= 0.3 is 0 Å². The highest BCUT2D eigenvalue weighted by Crippen LogP contribution is 2.39. The van der Waals surface area contributed by atoms with Gasteiger partial charge < -0.3 is 14.6 Å². The first-order chi connectivity index (χ1) is 15.8. The molecule has 2 rings (SSSR count). The molecule has 0 radical (unpaired) electrons. The lowest BCUT2D eigenvalue weighted by atomic mass is 9.78. The van der Waals surface area contributed by atoms with Crippen molar-refractivity contribution in [1.82, 2.24) is 10.4 Å². The van der Waals surface area contributed by atoms with Crippen LogP contribution in [0.3, 0.4) is 0 Å². The summed E-state index contributed by atoms with van der Waals surface area (Å²) in [6, 6.07) is 7.53. The number of nitrogens with zero attached hydrogens (tertiary/aromatic N) is 3.